The highest BCUT2D eigenvalue weighted by molar-refractivity contribution is 7.81. The number of thiol groups is 1. The molecule has 0 rings (SSSR count). The number of carboxylic acid groups (broad SMARTS) is 1. The minimum Gasteiger partial charge on any atom is -0.549 e. The number of carbonyl (C=O) groups excluding carboxylic acids is 1. The fourth-order valence-electron chi connectivity index (χ4n) is 1.64. The topological polar surface area (TPSA) is 40.1 Å². The summed E-state index contributed by atoms with van der Waals surface area (Å²) in [6.45, 7) is 15.9. The highest BCUT2D eigenvalue weighted by atomic mass is 32.1. The molecule has 17 heavy (non-hydrogen) atoms. The predicted octanol–water partition coefficient (Wildman–Crippen LogP) is 1.72. The van der Waals surface area contributed by atoms with Gasteiger partial charge in [-0.1, -0.05) is 13.3 Å². The van der Waals surface area contributed by atoms with Crippen LogP contribution < -0.4 is 5.11 Å². The Bertz CT molecular complexity index is 184. The van der Waals surface area contributed by atoms with Crippen LogP contribution in [0.3, 0.4) is 0 Å². The second kappa shape index (κ2) is 10.9. The van der Waals surface area contributed by atoms with Crippen LogP contribution in [0.1, 0.15) is 47.5 Å². The van der Waals surface area contributed by atoms with Crippen LogP contribution in [0.2, 0.25) is 0 Å². The highest BCUT2D eigenvalue weighted by Gasteiger charge is 2.18. The van der Waals surface area contributed by atoms with E-state index in [0.29, 0.717) is 0 Å². The molecule has 0 aliphatic heterocycles. The van der Waals surface area contributed by atoms with Crippen LogP contribution in [0.4, 0.5) is 0 Å². The van der Waals surface area contributed by atoms with E-state index in [4.69, 9.17) is 0 Å². The van der Waals surface area contributed by atoms with Gasteiger partial charge in [0.05, 0.1) is 32.1 Å². The third-order valence-electron chi connectivity index (χ3n) is 3.34. The lowest BCUT2D eigenvalue weighted by atomic mass is 10.2. The Morgan fingerprint density at radius 3 is 1.71 bits per heavy atom. The number of aliphatic carboxylic acids is 1. The lowest BCUT2D eigenvalue weighted by Crippen LogP contribution is -2.48. The van der Waals surface area contributed by atoms with Crippen LogP contribution in [0, 0.1) is 0 Å². The molecule has 0 spiro atoms. The molecule has 3 nitrogen and oxygen atoms in total. The average molecular weight is 263 g/mol. The van der Waals surface area contributed by atoms with Crippen molar-refractivity contribution in [1.29, 1.82) is 0 Å². The lowest BCUT2D eigenvalue weighted by Gasteiger charge is -2.35. The number of quaternary nitrogens is 1. The summed E-state index contributed by atoms with van der Waals surface area (Å²) in [7, 11) is 0. The van der Waals surface area contributed by atoms with E-state index in [1.54, 1.807) is 0 Å². The van der Waals surface area contributed by atoms with Crippen molar-refractivity contribution in [1.82, 2.24) is 0 Å². The normalized spacial score (nSPS) is 12.6. The van der Waals surface area contributed by atoms with Crippen molar-refractivity contribution in [2.24, 2.45) is 0 Å². The zero-order valence-electron chi connectivity index (χ0n) is 12.0. The molecule has 0 fully saturated rings. The summed E-state index contributed by atoms with van der Waals surface area (Å²) in [5, 5.41) is 8.86. The molecule has 1 atom stereocenters. The van der Waals surface area contributed by atoms with E-state index >= 15 is 0 Å². The highest BCUT2D eigenvalue weighted by Crippen LogP contribution is 2.07. The third-order valence-corrected chi connectivity index (χ3v) is 3.55. The largest absolute Gasteiger partial charge is 0.549 e. The van der Waals surface area contributed by atoms with Gasteiger partial charge in [-0.05, 0) is 34.1 Å². The smallest absolute Gasteiger partial charge is 0.0786 e. The first-order chi connectivity index (χ1) is 7.89. The SMILES string of the molecule is CC(S)C(=O)[O-].CCCC[N+](CC)(CC)CC. The van der Waals surface area contributed by atoms with Crippen molar-refractivity contribution in [3.8, 4) is 0 Å². The third kappa shape index (κ3) is 9.48. The second-order valence-corrected chi connectivity index (χ2v) is 5.14. The molecule has 4 heteroatoms. The van der Waals surface area contributed by atoms with Gasteiger partial charge in [-0.2, -0.15) is 12.6 Å². The van der Waals surface area contributed by atoms with Crippen LogP contribution in [-0.4, -0.2) is 41.9 Å². The average Bonchev–Trinajstić information content (AvgIpc) is 2.32. The Kier molecular flexibility index (Phi) is 12.3. The fourth-order valence-corrected chi connectivity index (χ4v) is 1.64. The molecule has 0 aromatic carbocycles. The van der Waals surface area contributed by atoms with Gasteiger partial charge in [0, 0.05) is 5.25 Å². The van der Waals surface area contributed by atoms with Crippen LogP contribution in [-0.2, 0) is 4.79 Å². The summed E-state index contributed by atoms with van der Waals surface area (Å²) in [4.78, 5) is 9.51. The van der Waals surface area contributed by atoms with E-state index in [-0.39, 0.29) is 0 Å². The van der Waals surface area contributed by atoms with Crippen molar-refractivity contribution in [2.45, 2.75) is 52.7 Å². The monoisotopic (exact) mass is 263 g/mol. The number of carbonyl (C=O) groups is 1. The number of carboxylic acids is 1. The van der Waals surface area contributed by atoms with Crippen molar-refractivity contribution >= 4 is 18.6 Å². The van der Waals surface area contributed by atoms with Crippen molar-refractivity contribution in [2.75, 3.05) is 26.2 Å². The first-order valence-electron chi connectivity index (χ1n) is 6.63. The maximum atomic E-state index is 9.51. The van der Waals surface area contributed by atoms with E-state index < -0.39 is 11.2 Å². The standard InChI is InChI=1S/C10H24N.C3H6O2S/c1-5-9-10-11(6-2,7-3)8-4;1-2(6)3(4)5/h5-10H2,1-4H3;2,6H,1H3,(H,4,5)/q+1;/p-1. The molecule has 104 valence electrons. The Hall–Kier alpha value is -0.220. The van der Waals surface area contributed by atoms with Gasteiger partial charge in [0.1, 0.15) is 0 Å². The summed E-state index contributed by atoms with van der Waals surface area (Å²) >= 11 is 3.53. The maximum Gasteiger partial charge on any atom is 0.0786 e. The Labute approximate surface area is 112 Å². The summed E-state index contributed by atoms with van der Waals surface area (Å²) in [6, 6.07) is 0. The molecule has 0 aromatic rings. The number of hydrogen-bond acceptors (Lipinski definition) is 3. The lowest BCUT2D eigenvalue weighted by molar-refractivity contribution is -0.923. The van der Waals surface area contributed by atoms with E-state index in [1.807, 2.05) is 0 Å². The zero-order chi connectivity index (χ0) is 13.9. The van der Waals surface area contributed by atoms with E-state index in [9.17, 15) is 9.90 Å². The molecule has 0 saturated heterocycles. The molecule has 0 heterocycles. The van der Waals surface area contributed by atoms with Gasteiger partial charge in [0.2, 0.25) is 0 Å². The fraction of sp³-hybridized carbons (Fsp3) is 0.923. The molecule has 0 radical (unpaired) electrons. The van der Waals surface area contributed by atoms with Gasteiger partial charge in [0.25, 0.3) is 0 Å². The molecular formula is C13H29NO2S. The summed E-state index contributed by atoms with van der Waals surface area (Å²) in [5.41, 5.74) is 0. The van der Waals surface area contributed by atoms with Gasteiger partial charge in [-0.15, -0.1) is 0 Å². The second-order valence-electron chi connectivity index (χ2n) is 4.36. The van der Waals surface area contributed by atoms with Crippen molar-refractivity contribution < 1.29 is 14.4 Å². The van der Waals surface area contributed by atoms with E-state index in [2.05, 4.69) is 40.3 Å². The summed E-state index contributed by atoms with van der Waals surface area (Å²) in [5.74, 6) is -1.13. The molecule has 0 aromatic heterocycles. The Balaban J connectivity index is 0. The van der Waals surface area contributed by atoms with Crippen LogP contribution in [0.5, 0.6) is 0 Å². The van der Waals surface area contributed by atoms with Gasteiger partial charge >= 0.3 is 0 Å². The van der Waals surface area contributed by atoms with E-state index in [0.717, 1.165) is 0 Å². The predicted molar refractivity (Wildman–Crippen MR) is 75.1 cm³/mol. The molecular weight excluding hydrogens is 234 g/mol. The molecule has 0 bridgehead atoms. The number of nitrogens with zero attached hydrogens (tertiary/aromatic N) is 1. The van der Waals surface area contributed by atoms with Gasteiger partial charge < -0.3 is 14.4 Å². The van der Waals surface area contributed by atoms with E-state index in [1.165, 1.54) is 50.4 Å². The van der Waals surface area contributed by atoms with Crippen LogP contribution in [0.25, 0.3) is 0 Å². The molecule has 0 saturated carbocycles. The number of rotatable bonds is 7. The van der Waals surface area contributed by atoms with Crippen molar-refractivity contribution in [3.05, 3.63) is 0 Å². The van der Waals surface area contributed by atoms with Crippen LogP contribution >= 0.6 is 12.6 Å². The minimum atomic E-state index is -1.13. The van der Waals surface area contributed by atoms with Crippen molar-refractivity contribution in [3.63, 3.8) is 0 Å². The molecule has 1 unspecified atom stereocenters. The quantitative estimate of drug-likeness (QED) is 0.561. The molecule has 0 aliphatic rings. The molecule has 0 amide bonds. The summed E-state index contributed by atoms with van der Waals surface area (Å²) < 4.78 is 1.31. The zero-order valence-corrected chi connectivity index (χ0v) is 12.9. The first kappa shape index (κ1) is 19.1. The van der Waals surface area contributed by atoms with Gasteiger partial charge in [0.15, 0.2) is 0 Å². The number of unbranched alkanes of at least 4 members (excludes halogenated alkanes) is 1. The summed E-state index contributed by atoms with van der Waals surface area (Å²) in [6.07, 6.45) is 2.72. The minimum absolute atomic E-state index is 0.648. The molecule has 0 aliphatic carbocycles. The maximum absolute atomic E-state index is 9.51. The van der Waals surface area contributed by atoms with Gasteiger partial charge in [-0.25, -0.2) is 0 Å². The Morgan fingerprint density at radius 2 is 1.53 bits per heavy atom. The Morgan fingerprint density at radius 1 is 1.18 bits per heavy atom. The van der Waals surface area contributed by atoms with Crippen LogP contribution in [0.15, 0.2) is 0 Å². The van der Waals surface area contributed by atoms with Gasteiger partial charge in [-0.3, -0.25) is 0 Å². The number of hydrogen-bond donors (Lipinski definition) is 1. The first-order valence-corrected chi connectivity index (χ1v) is 7.14. The molecule has 0 N–H and O–H groups in total.